The van der Waals surface area contributed by atoms with Gasteiger partial charge in [0, 0.05) is 39.6 Å². The Kier molecular flexibility index (Phi) is 5.20. The molecule has 2 aromatic rings. The second-order valence-electron chi connectivity index (χ2n) is 8.13. The minimum atomic E-state index is -0.603. The third-order valence-corrected chi connectivity index (χ3v) is 5.51. The van der Waals surface area contributed by atoms with Gasteiger partial charge in [-0.15, -0.1) is 0 Å². The summed E-state index contributed by atoms with van der Waals surface area (Å²) in [7, 11) is 0. The van der Waals surface area contributed by atoms with Crippen LogP contribution in [0.1, 0.15) is 39.2 Å². The Balaban J connectivity index is 1.87. The number of nitrogens with one attached hydrogen (secondary N) is 1. The molecular formula is C19H24BrN3O4. The number of benzene rings is 1. The fourth-order valence-electron chi connectivity index (χ4n) is 3.74. The molecule has 0 spiro atoms. The van der Waals surface area contributed by atoms with Gasteiger partial charge in [-0.3, -0.25) is 10.1 Å². The first-order chi connectivity index (χ1) is 12.6. The largest absolute Gasteiger partial charge is 0.444 e. The van der Waals surface area contributed by atoms with Crippen LogP contribution < -0.4 is 0 Å². The van der Waals surface area contributed by atoms with Crippen molar-refractivity contribution in [2.24, 2.45) is 0 Å². The van der Waals surface area contributed by atoms with E-state index in [0.29, 0.717) is 25.9 Å². The minimum Gasteiger partial charge on any atom is -0.444 e. The number of hydrogen-bond acceptors (Lipinski definition) is 4. The summed E-state index contributed by atoms with van der Waals surface area (Å²) >= 11 is 3.45. The van der Waals surface area contributed by atoms with Crippen LogP contribution in [0, 0.1) is 10.1 Å². The topological polar surface area (TPSA) is 88.5 Å². The molecule has 1 aliphatic heterocycles. The second kappa shape index (κ2) is 7.14. The maximum Gasteiger partial charge on any atom is 0.410 e. The zero-order chi connectivity index (χ0) is 19.8. The van der Waals surface area contributed by atoms with Gasteiger partial charge in [0.1, 0.15) is 5.60 Å². The Morgan fingerprint density at radius 3 is 2.63 bits per heavy atom. The highest BCUT2D eigenvalue weighted by Gasteiger charge is 2.43. The number of amides is 1. The van der Waals surface area contributed by atoms with Gasteiger partial charge in [0.25, 0.3) is 0 Å². The van der Waals surface area contributed by atoms with Crippen molar-refractivity contribution < 1.29 is 14.5 Å². The van der Waals surface area contributed by atoms with E-state index in [2.05, 4.69) is 20.9 Å². The molecule has 2 heterocycles. The Morgan fingerprint density at radius 1 is 1.37 bits per heavy atom. The lowest BCUT2D eigenvalue weighted by molar-refractivity contribution is -0.492. The van der Waals surface area contributed by atoms with Crippen molar-refractivity contribution in [2.45, 2.75) is 44.6 Å². The maximum atomic E-state index is 12.3. The summed E-state index contributed by atoms with van der Waals surface area (Å²) < 4.78 is 6.39. The van der Waals surface area contributed by atoms with Crippen LogP contribution in [0.25, 0.3) is 10.9 Å². The van der Waals surface area contributed by atoms with Gasteiger partial charge < -0.3 is 14.6 Å². The Bertz CT molecular complexity index is 863. The predicted octanol–water partition coefficient (Wildman–Crippen LogP) is 4.48. The lowest BCUT2D eigenvalue weighted by atomic mass is 9.72. The van der Waals surface area contributed by atoms with Crippen LogP contribution in [0.3, 0.4) is 0 Å². The molecular weight excluding hydrogens is 414 g/mol. The molecule has 8 heteroatoms. The van der Waals surface area contributed by atoms with Gasteiger partial charge in [-0.05, 0) is 51.3 Å². The number of halogens is 1. The third kappa shape index (κ3) is 4.26. The highest BCUT2D eigenvalue weighted by Crippen LogP contribution is 2.40. The minimum absolute atomic E-state index is 0.155. The first-order valence-corrected chi connectivity index (χ1v) is 9.76. The van der Waals surface area contributed by atoms with Crippen LogP contribution in [0.5, 0.6) is 0 Å². The Labute approximate surface area is 166 Å². The number of rotatable bonds is 3. The van der Waals surface area contributed by atoms with Gasteiger partial charge >= 0.3 is 6.09 Å². The fraction of sp³-hybridized carbons (Fsp3) is 0.526. The summed E-state index contributed by atoms with van der Waals surface area (Å²) in [5, 5.41) is 12.4. The van der Waals surface area contributed by atoms with Crippen molar-refractivity contribution in [2.75, 3.05) is 19.6 Å². The molecule has 0 saturated carbocycles. The van der Waals surface area contributed by atoms with Crippen LogP contribution in [0.2, 0.25) is 0 Å². The summed E-state index contributed by atoms with van der Waals surface area (Å²) in [5.41, 5.74) is 0.729. The van der Waals surface area contributed by atoms with Crippen LogP contribution in [-0.4, -0.2) is 46.1 Å². The van der Waals surface area contributed by atoms with Crippen LogP contribution in [0.15, 0.2) is 28.9 Å². The number of aromatic nitrogens is 1. The molecule has 1 saturated heterocycles. The standard InChI is InChI=1S/C19H24BrN3O4/c1-18(2,3)27-17(24)22-8-6-19(7-9-22,12-23(25)26)15-11-21-16-10-13(20)4-5-14(15)16/h4-5,10-11,21H,6-9,12H2,1-3H3. The lowest BCUT2D eigenvalue weighted by Gasteiger charge is -2.39. The Morgan fingerprint density at radius 2 is 2.04 bits per heavy atom. The molecule has 0 unspecified atom stereocenters. The van der Waals surface area contributed by atoms with E-state index in [4.69, 9.17) is 4.74 Å². The maximum absolute atomic E-state index is 12.3. The van der Waals surface area contributed by atoms with Crippen LogP contribution in [-0.2, 0) is 10.2 Å². The quantitative estimate of drug-likeness (QED) is 0.566. The number of fused-ring (bicyclic) bond motifs is 1. The first kappa shape index (κ1) is 19.7. The number of ether oxygens (including phenoxy) is 1. The van der Waals surface area contributed by atoms with Gasteiger partial charge in [0.05, 0.1) is 5.41 Å². The highest BCUT2D eigenvalue weighted by atomic mass is 79.9. The number of aromatic amines is 1. The zero-order valence-electron chi connectivity index (χ0n) is 15.8. The van der Waals surface area contributed by atoms with E-state index in [0.717, 1.165) is 20.9 Å². The van der Waals surface area contributed by atoms with Crippen molar-refractivity contribution in [3.05, 3.63) is 44.5 Å². The highest BCUT2D eigenvalue weighted by molar-refractivity contribution is 9.10. The van der Waals surface area contributed by atoms with E-state index in [1.54, 1.807) is 4.90 Å². The van der Waals surface area contributed by atoms with Crippen molar-refractivity contribution in [1.82, 2.24) is 9.88 Å². The van der Waals surface area contributed by atoms with E-state index in [1.165, 1.54) is 0 Å². The molecule has 1 aromatic heterocycles. The molecule has 146 valence electrons. The Hall–Kier alpha value is -2.09. The average Bonchev–Trinajstić information content (AvgIpc) is 2.96. The molecule has 0 radical (unpaired) electrons. The molecule has 1 fully saturated rings. The zero-order valence-corrected chi connectivity index (χ0v) is 17.3. The molecule has 0 atom stereocenters. The van der Waals surface area contributed by atoms with E-state index in [-0.39, 0.29) is 17.6 Å². The summed E-state index contributed by atoms with van der Waals surface area (Å²) in [6.45, 7) is 6.21. The number of likely N-dealkylation sites (tertiary alicyclic amines) is 1. The van der Waals surface area contributed by atoms with E-state index in [1.807, 2.05) is 45.2 Å². The SMILES string of the molecule is CC(C)(C)OC(=O)N1CCC(C[N+](=O)[O-])(c2c[nH]c3cc(Br)ccc23)CC1. The van der Waals surface area contributed by atoms with Gasteiger partial charge in [0.15, 0.2) is 0 Å². The average molecular weight is 438 g/mol. The smallest absolute Gasteiger partial charge is 0.410 e. The van der Waals surface area contributed by atoms with E-state index < -0.39 is 11.0 Å². The number of piperidine rings is 1. The molecule has 7 nitrogen and oxygen atoms in total. The molecule has 1 aromatic carbocycles. The molecule has 1 aliphatic rings. The summed E-state index contributed by atoms with van der Waals surface area (Å²) in [6.07, 6.45) is 2.57. The second-order valence-corrected chi connectivity index (χ2v) is 9.05. The monoisotopic (exact) mass is 437 g/mol. The number of H-pyrrole nitrogens is 1. The van der Waals surface area contributed by atoms with Gasteiger partial charge in [-0.2, -0.15) is 0 Å². The van der Waals surface area contributed by atoms with Gasteiger partial charge in [-0.1, -0.05) is 22.0 Å². The van der Waals surface area contributed by atoms with E-state index >= 15 is 0 Å². The lowest BCUT2D eigenvalue weighted by Crippen LogP contribution is -2.49. The number of carbonyl (C=O) groups excluding carboxylic acids is 1. The molecule has 0 aliphatic carbocycles. The summed E-state index contributed by atoms with van der Waals surface area (Å²) in [4.78, 5) is 28.4. The molecule has 3 rings (SSSR count). The van der Waals surface area contributed by atoms with Gasteiger partial charge in [-0.25, -0.2) is 4.79 Å². The van der Waals surface area contributed by atoms with Crippen LogP contribution >= 0.6 is 15.9 Å². The fourth-order valence-corrected chi connectivity index (χ4v) is 4.10. The normalized spacial score (nSPS) is 17.1. The number of nitrogens with zero attached hydrogens (tertiary/aromatic N) is 2. The number of hydrogen-bond donors (Lipinski definition) is 1. The van der Waals surface area contributed by atoms with Crippen molar-refractivity contribution in [3.8, 4) is 0 Å². The van der Waals surface area contributed by atoms with E-state index in [9.17, 15) is 14.9 Å². The predicted molar refractivity (Wildman–Crippen MR) is 107 cm³/mol. The van der Waals surface area contributed by atoms with Crippen LogP contribution in [0.4, 0.5) is 4.79 Å². The molecule has 0 bridgehead atoms. The molecule has 1 N–H and O–H groups in total. The molecule has 27 heavy (non-hydrogen) atoms. The van der Waals surface area contributed by atoms with Gasteiger partial charge in [0.2, 0.25) is 6.54 Å². The summed E-state index contributed by atoms with van der Waals surface area (Å²) in [5.74, 6) is 0. The van der Waals surface area contributed by atoms with Crippen molar-refractivity contribution >= 4 is 32.9 Å². The van der Waals surface area contributed by atoms with Crippen molar-refractivity contribution in [3.63, 3.8) is 0 Å². The third-order valence-electron chi connectivity index (χ3n) is 5.02. The number of carbonyl (C=O) groups is 1. The summed E-state index contributed by atoms with van der Waals surface area (Å²) in [6, 6.07) is 5.89. The molecule has 1 amide bonds. The van der Waals surface area contributed by atoms with Crippen molar-refractivity contribution in [1.29, 1.82) is 0 Å². The number of nitro groups is 1. The first-order valence-electron chi connectivity index (χ1n) is 8.96.